The van der Waals surface area contributed by atoms with Crippen LogP contribution in [-0.4, -0.2) is 6.26 Å². The Balaban J connectivity index is 0.000000671. The van der Waals surface area contributed by atoms with Crippen LogP contribution in [0.2, 0.25) is 0 Å². The van der Waals surface area contributed by atoms with E-state index in [9.17, 15) is 4.79 Å². The van der Waals surface area contributed by atoms with Gasteiger partial charge in [0.05, 0.1) is 5.39 Å². The minimum atomic E-state index is -0.0456. The molecule has 24 heavy (non-hydrogen) atoms. The van der Waals surface area contributed by atoms with Crippen LogP contribution in [0.5, 0.6) is 0 Å². The van der Waals surface area contributed by atoms with E-state index in [-0.39, 0.29) is 5.43 Å². The van der Waals surface area contributed by atoms with E-state index in [1.807, 2.05) is 76.4 Å². The van der Waals surface area contributed by atoms with Crippen molar-refractivity contribution < 1.29 is 4.42 Å². The standard InChI is InChI=1S/C16H11BrO2S.2C2H6/c1-20-11-8-6-10(7-9-11)16-14(17)15(18)12-4-2-3-5-13(12)19-16;2*1-2/h2-9H,1H3;2*1-2H3. The van der Waals surface area contributed by atoms with Crippen molar-refractivity contribution >= 4 is 38.7 Å². The van der Waals surface area contributed by atoms with Gasteiger partial charge in [-0.05, 0) is 46.5 Å². The lowest BCUT2D eigenvalue weighted by molar-refractivity contribution is 0.615. The molecule has 0 aliphatic heterocycles. The molecule has 0 amide bonds. The number of thioether (sulfide) groups is 1. The van der Waals surface area contributed by atoms with Crippen molar-refractivity contribution in [2.24, 2.45) is 0 Å². The van der Waals surface area contributed by atoms with E-state index >= 15 is 0 Å². The van der Waals surface area contributed by atoms with Crippen LogP contribution in [0, 0.1) is 0 Å². The first-order valence-corrected chi connectivity index (χ1v) is 10.1. The quantitative estimate of drug-likeness (QED) is 0.429. The maximum Gasteiger partial charge on any atom is 0.207 e. The van der Waals surface area contributed by atoms with Gasteiger partial charge in [-0.15, -0.1) is 11.8 Å². The number of para-hydroxylation sites is 1. The fourth-order valence-corrected chi connectivity index (χ4v) is 2.98. The second-order valence-electron chi connectivity index (χ2n) is 4.30. The highest BCUT2D eigenvalue weighted by Gasteiger charge is 2.13. The van der Waals surface area contributed by atoms with Crippen LogP contribution in [-0.2, 0) is 0 Å². The van der Waals surface area contributed by atoms with Crippen LogP contribution < -0.4 is 5.43 Å². The molecule has 2 aromatic carbocycles. The van der Waals surface area contributed by atoms with Gasteiger partial charge in [0.2, 0.25) is 5.43 Å². The first-order valence-electron chi connectivity index (χ1n) is 8.06. The average molecular weight is 407 g/mol. The Morgan fingerprint density at radius 1 is 0.917 bits per heavy atom. The molecule has 0 fully saturated rings. The van der Waals surface area contributed by atoms with E-state index in [2.05, 4.69) is 15.9 Å². The molecular weight excluding hydrogens is 384 g/mol. The maximum atomic E-state index is 12.3. The normalized spacial score (nSPS) is 9.58. The summed E-state index contributed by atoms with van der Waals surface area (Å²) in [5, 5.41) is 0.587. The number of benzene rings is 2. The summed E-state index contributed by atoms with van der Waals surface area (Å²) in [5.74, 6) is 0.571. The molecule has 3 aromatic rings. The van der Waals surface area contributed by atoms with Gasteiger partial charge in [0.25, 0.3) is 0 Å². The van der Waals surface area contributed by atoms with Crippen molar-refractivity contribution in [2.75, 3.05) is 6.26 Å². The van der Waals surface area contributed by atoms with Gasteiger partial charge in [-0.1, -0.05) is 52.0 Å². The molecule has 0 N–H and O–H groups in total. The Morgan fingerprint density at radius 3 is 2.08 bits per heavy atom. The number of halogens is 1. The van der Waals surface area contributed by atoms with Crippen LogP contribution in [0.25, 0.3) is 22.3 Å². The van der Waals surface area contributed by atoms with Crippen LogP contribution in [0.15, 0.2) is 67.1 Å². The zero-order chi connectivity index (χ0) is 18.1. The summed E-state index contributed by atoms with van der Waals surface area (Å²) >= 11 is 5.04. The first-order chi connectivity index (χ1) is 11.7. The number of hydrogen-bond donors (Lipinski definition) is 0. The molecule has 0 bridgehead atoms. The van der Waals surface area contributed by atoms with Crippen molar-refractivity contribution in [1.29, 1.82) is 0 Å². The van der Waals surface area contributed by atoms with Gasteiger partial charge >= 0.3 is 0 Å². The summed E-state index contributed by atoms with van der Waals surface area (Å²) in [5.41, 5.74) is 1.44. The molecule has 0 aliphatic carbocycles. The summed E-state index contributed by atoms with van der Waals surface area (Å²) in [7, 11) is 0. The molecule has 3 rings (SSSR count). The predicted octanol–water partition coefficient (Wildman–Crippen LogP) is 7.00. The van der Waals surface area contributed by atoms with Gasteiger partial charge in [-0.3, -0.25) is 4.79 Å². The van der Waals surface area contributed by atoms with E-state index in [1.165, 1.54) is 4.90 Å². The topological polar surface area (TPSA) is 30.2 Å². The van der Waals surface area contributed by atoms with E-state index in [4.69, 9.17) is 4.42 Å². The van der Waals surface area contributed by atoms with E-state index in [0.717, 1.165) is 5.56 Å². The summed E-state index contributed by atoms with van der Waals surface area (Å²) in [6.07, 6.45) is 2.03. The molecule has 4 heteroatoms. The van der Waals surface area contributed by atoms with Crippen LogP contribution in [0.3, 0.4) is 0 Å². The number of hydrogen-bond acceptors (Lipinski definition) is 3. The summed E-state index contributed by atoms with van der Waals surface area (Å²) in [6, 6.07) is 15.2. The van der Waals surface area contributed by atoms with Crippen molar-refractivity contribution in [2.45, 2.75) is 32.6 Å². The highest BCUT2D eigenvalue weighted by Crippen LogP contribution is 2.30. The summed E-state index contributed by atoms with van der Waals surface area (Å²) in [4.78, 5) is 13.5. The lowest BCUT2D eigenvalue weighted by Crippen LogP contribution is -2.03. The molecule has 1 aromatic heterocycles. The lowest BCUT2D eigenvalue weighted by atomic mass is 10.1. The third-order valence-corrected chi connectivity index (χ3v) is 4.56. The molecule has 0 radical (unpaired) electrons. The fourth-order valence-electron chi connectivity index (χ4n) is 2.05. The Bertz CT molecular complexity index is 823. The Labute approximate surface area is 156 Å². The molecule has 0 spiro atoms. The van der Waals surface area contributed by atoms with Crippen molar-refractivity contribution in [1.82, 2.24) is 0 Å². The number of rotatable bonds is 2. The van der Waals surface area contributed by atoms with Crippen LogP contribution >= 0.6 is 27.7 Å². The highest BCUT2D eigenvalue weighted by atomic mass is 79.9. The van der Waals surface area contributed by atoms with Gasteiger partial charge < -0.3 is 4.42 Å². The predicted molar refractivity (Wildman–Crippen MR) is 110 cm³/mol. The average Bonchev–Trinajstić information content (AvgIpc) is 2.68. The number of fused-ring (bicyclic) bond motifs is 1. The summed E-state index contributed by atoms with van der Waals surface area (Å²) in [6.45, 7) is 8.00. The first kappa shape index (κ1) is 20.5. The molecular formula is C20H23BrO2S. The minimum absolute atomic E-state index is 0.0456. The largest absolute Gasteiger partial charge is 0.455 e. The van der Waals surface area contributed by atoms with Crippen molar-refractivity contribution in [3.63, 3.8) is 0 Å². The van der Waals surface area contributed by atoms with Gasteiger partial charge in [0.15, 0.2) is 5.76 Å². The molecule has 0 saturated carbocycles. The second kappa shape index (κ2) is 10.4. The Kier molecular flexibility index (Phi) is 8.87. The van der Waals surface area contributed by atoms with Crippen LogP contribution in [0.1, 0.15) is 27.7 Å². The minimum Gasteiger partial charge on any atom is -0.455 e. The molecule has 0 atom stereocenters. The molecule has 2 nitrogen and oxygen atoms in total. The SMILES string of the molecule is CC.CC.CSc1ccc(-c2oc3ccccc3c(=O)c2Br)cc1. The summed E-state index contributed by atoms with van der Waals surface area (Å²) < 4.78 is 6.35. The van der Waals surface area contributed by atoms with Gasteiger partial charge in [0, 0.05) is 10.5 Å². The third kappa shape index (κ3) is 4.52. The smallest absolute Gasteiger partial charge is 0.207 e. The fraction of sp³-hybridized carbons (Fsp3) is 0.250. The lowest BCUT2D eigenvalue weighted by Gasteiger charge is -2.06. The molecule has 0 saturated heterocycles. The van der Waals surface area contributed by atoms with E-state index in [0.29, 0.717) is 21.2 Å². The highest BCUT2D eigenvalue weighted by molar-refractivity contribution is 9.10. The molecule has 1 heterocycles. The Morgan fingerprint density at radius 2 is 1.50 bits per heavy atom. The van der Waals surface area contributed by atoms with Gasteiger partial charge in [-0.25, -0.2) is 0 Å². The van der Waals surface area contributed by atoms with Crippen LogP contribution in [0.4, 0.5) is 0 Å². The third-order valence-electron chi connectivity index (χ3n) is 3.09. The van der Waals surface area contributed by atoms with Gasteiger partial charge in [-0.2, -0.15) is 0 Å². The maximum absolute atomic E-state index is 12.3. The monoisotopic (exact) mass is 406 g/mol. The Hall–Kier alpha value is -1.52. The molecule has 0 aliphatic rings. The van der Waals surface area contributed by atoms with E-state index in [1.54, 1.807) is 17.8 Å². The van der Waals surface area contributed by atoms with Crippen molar-refractivity contribution in [3.05, 3.63) is 63.2 Å². The second-order valence-corrected chi connectivity index (χ2v) is 5.97. The van der Waals surface area contributed by atoms with Gasteiger partial charge in [0.1, 0.15) is 10.1 Å². The van der Waals surface area contributed by atoms with E-state index < -0.39 is 0 Å². The molecule has 128 valence electrons. The zero-order valence-corrected chi connectivity index (χ0v) is 17.1. The molecule has 0 unspecified atom stereocenters. The zero-order valence-electron chi connectivity index (χ0n) is 14.7. The van der Waals surface area contributed by atoms with Crippen molar-refractivity contribution in [3.8, 4) is 11.3 Å².